The maximum absolute atomic E-state index is 11.5. The molecule has 1 aliphatic carbocycles. The smallest absolute Gasteiger partial charge is 0.137 e. The van der Waals surface area contributed by atoms with Gasteiger partial charge in [0, 0.05) is 31.4 Å². The number of imidazole rings is 1. The Bertz CT molecular complexity index is 565. The third kappa shape index (κ3) is 6.13. The second-order valence-electron chi connectivity index (χ2n) is 8.79. The molecule has 0 unspecified atom stereocenters. The van der Waals surface area contributed by atoms with E-state index < -0.39 is 0 Å². The largest absolute Gasteiger partial charge is 0.372 e. The van der Waals surface area contributed by atoms with Crippen molar-refractivity contribution >= 4 is 6.29 Å². The molecule has 5 atom stereocenters. The molecule has 0 bridgehead atoms. The van der Waals surface area contributed by atoms with Gasteiger partial charge in [-0.05, 0) is 51.1 Å². The second-order valence-corrected chi connectivity index (χ2v) is 8.79. The fourth-order valence-electron chi connectivity index (χ4n) is 4.98. The Hall–Kier alpha value is -1.24. The Morgan fingerprint density at radius 2 is 2.29 bits per heavy atom. The number of hydrogen-bond acceptors (Lipinski definition) is 5. The number of aromatic amines is 1. The lowest BCUT2D eigenvalue weighted by molar-refractivity contribution is -0.127. The summed E-state index contributed by atoms with van der Waals surface area (Å²) in [6, 6.07) is -0.196. The molecule has 0 spiro atoms. The van der Waals surface area contributed by atoms with Crippen LogP contribution in [0.4, 0.5) is 0 Å². The molecule has 2 aliphatic rings. The molecular weight excluding hydrogens is 352 g/mol. The Morgan fingerprint density at radius 3 is 3.04 bits per heavy atom. The van der Waals surface area contributed by atoms with Gasteiger partial charge in [0.05, 0.1) is 24.6 Å². The average Bonchev–Trinajstić information content (AvgIpc) is 3.22. The predicted molar refractivity (Wildman–Crippen MR) is 111 cm³/mol. The third-order valence-electron chi connectivity index (χ3n) is 6.53. The highest BCUT2D eigenvalue weighted by Gasteiger charge is 2.40. The monoisotopic (exact) mass is 390 g/mol. The molecule has 0 radical (unpaired) electrons. The fraction of sp³-hybridized carbons (Fsp3) is 0.818. The van der Waals surface area contributed by atoms with Gasteiger partial charge in [-0.3, -0.25) is 0 Å². The van der Waals surface area contributed by atoms with E-state index in [-0.39, 0.29) is 12.1 Å². The van der Waals surface area contributed by atoms with Crippen molar-refractivity contribution in [1.29, 1.82) is 0 Å². The first-order chi connectivity index (χ1) is 13.7. The number of rotatable bonds is 11. The van der Waals surface area contributed by atoms with Crippen molar-refractivity contribution in [3.63, 3.8) is 0 Å². The Labute approximate surface area is 169 Å². The van der Waals surface area contributed by atoms with Crippen molar-refractivity contribution in [2.75, 3.05) is 26.7 Å². The van der Waals surface area contributed by atoms with Crippen LogP contribution < -0.4 is 5.32 Å². The van der Waals surface area contributed by atoms with E-state index in [1.165, 1.54) is 38.5 Å². The zero-order valence-electron chi connectivity index (χ0n) is 17.6. The molecule has 0 aromatic carbocycles. The first kappa shape index (κ1) is 21.5. The summed E-state index contributed by atoms with van der Waals surface area (Å²) in [7, 11) is 2.23. The third-order valence-corrected chi connectivity index (χ3v) is 6.53. The number of likely N-dealkylation sites (N-methyl/N-ethyl adjacent to an activating group) is 1. The summed E-state index contributed by atoms with van der Waals surface area (Å²) in [4.78, 5) is 21.1. The van der Waals surface area contributed by atoms with Crippen LogP contribution in [-0.2, 0) is 16.0 Å². The molecule has 3 rings (SSSR count). The lowest BCUT2D eigenvalue weighted by Gasteiger charge is -2.46. The van der Waals surface area contributed by atoms with Crippen LogP contribution in [0.3, 0.4) is 0 Å². The van der Waals surface area contributed by atoms with Gasteiger partial charge in [0.2, 0.25) is 0 Å². The number of ether oxygens (including phenoxy) is 1. The molecule has 28 heavy (non-hydrogen) atoms. The molecule has 2 N–H and O–H groups in total. The van der Waals surface area contributed by atoms with E-state index in [0.717, 1.165) is 44.0 Å². The lowest BCUT2D eigenvalue weighted by atomic mass is 9.71. The van der Waals surface area contributed by atoms with Gasteiger partial charge in [-0.2, -0.15) is 0 Å². The molecule has 1 aliphatic heterocycles. The summed E-state index contributed by atoms with van der Waals surface area (Å²) < 4.78 is 6.60. The molecule has 1 saturated carbocycles. The van der Waals surface area contributed by atoms with Gasteiger partial charge in [-0.25, -0.2) is 4.98 Å². The van der Waals surface area contributed by atoms with Crippen molar-refractivity contribution in [2.45, 2.75) is 76.5 Å². The van der Waals surface area contributed by atoms with E-state index >= 15 is 0 Å². The number of fused-ring (bicyclic) bond motifs is 1. The lowest BCUT2D eigenvalue weighted by Crippen LogP contribution is -2.51. The molecule has 2 heterocycles. The topological polar surface area (TPSA) is 70.2 Å². The number of hydrogen-bond donors (Lipinski definition) is 2. The van der Waals surface area contributed by atoms with Crippen LogP contribution in [0.25, 0.3) is 0 Å². The molecule has 6 nitrogen and oxygen atoms in total. The number of unbranched alkanes of at least 4 members (excludes halogenated alkanes) is 1. The fourth-order valence-corrected chi connectivity index (χ4v) is 4.98. The van der Waals surface area contributed by atoms with Crippen molar-refractivity contribution in [1.82, 2.24) is 20.2 Å². The number of nitrogens with one attached hydrogen (secondary N) is 2. The number of carbonyl (C=O) groups excluding carboxylic acids is 1. The average molecular weight is 391 g/mol. The van der Waals surface area contributed by atoms with Gasteiger partial charge in [0.1, 0.15) is 6.29 Å². The number of aromatic nitrogens is 2. The van der Waals surface area contributed by atoms with Crippen molar-refractivity contribution in [3.05, 3.63) is 18.2 Å². The molecule has 6 heteroatoms. The van der Waals surface area contributed by atoms with Gasteiger partial charge in [0.25, 0.3) is 0 Å². The highest BCUT2D eigenvalue weighted by atomic mass is 16.5. The van der Waals surface area contributed by atoms with Gasteiger partial charge < -0.3 is 24.7 Å². The molecular formula is C22H38N4O2. The first-order valence-electron chi connectivity index (χ1n) is 11.2. The summed E-state index contributed by atoms with van der Waals surface area (Å²) in [6.07, 6.45) is 14.6. The number of carbonyl (C=O) groups is 1. The molecule has 1 aromatic rings. The minimum atomic E-state index is -0.196. The minimum Gasteiger partial charge on any atom is -0.372 e. The van der Waals surface area contributed by atoms with E-state index in [1.807, 2.05) is 0 Å². The van der Waals surface area contributed by atoms with E-state index in [2.05, 4.69) is 34.2 Å². The molecule has 1 saturated heterocycles. The molecule has 1 aromatic heterocycles. The summed E-state index contributed by atoms with van der Waals surface area (Å²) in [5, 5.41) is 3.43. The van der Waals surface area contributed by atoms with Gasteiger partial charge in [-0.1, -0.05) is 26.2 Å². The normalized spacial score (nSPS) is 28.8. The molecule has 0 amide bonds. The maximum Gasteiger partial charge on any atom is 0.137 e. The summed E-state index contributed by atoms with van der Waals surface area (Å²) >= 11 is 0. The molecule has 158 valence electrons. The Morgan fingerprint density at radius 1 is 1.43 bits per heavy atom. The van der Waals surface area contributed by atoms with Crippen LogP contribution in [0.15, 0.2) is 12.5 Å². The molecule has 2 fully saturated rings. The maximum atomic E-state index is 11.5. The van der Waals surface area contributed by atoms with Crippen molar-refractivity contribution in [2.24, 2.45) is 11.8 Å². The number of aldehydes is 1. The highest BCUT2D eigenvalue weighted by Crippen LogP contribution is 2.41. The van der Waals surface area contributed by atoms with Crippen LogP contribution in [0.1, 0.15) is 57.6 Å². The van der Waals surface area contributed by atoms with E-state index in [9.17, 15) is 4.79 Å². The zero-order valence-corrected chi connectivity index (χ0v) is 17.6. The standard InChI is InChI=1S/C22H38N4O2/c1-3-4-9-26(2)14-22-21-8-6-5-7-17(21)10-20(28-22)13-24-19(15-27)11-18-12-23-16-25-18/h12,15-17,19-22,24H,3-11,13-14H2,1-2H3,(H,23,25)/t17-,19+,20+,21+,22+/m1/s1. The SMILES string of the molecule is CCCCN(C)C[C@@H]1O[C@H](CN[C@H](C=O)Cc2cnc[nH]2)C[C@H]2CCCC[C@@H]21. The van der Waals surface area contributed by atoms with Crippen LogP contribution in [-0.4, -0.2) is 66.1 Å². The summed E-state index contributed by atoms with van der Waals surface area (Å²) in [5.41, 5.74) is 0.983. The first-order valence-corrected chi connectivity index (χ1v) is 11.2. The Kier molecular flexibility index (Phi) is 8.49. The van der Waals surface area contributed by atoms with Crippen LogP contribution in [0.5, 0.6) is 0 Å². The number of H-pyrrole nitrogens is 1. The van der Waals surface area contributed by atoms with Crippen LogP contribution >= 0.6 is 0 Å². The van der Waals surface area contributed by atoms with E-state index in [1.54, 1.807) is 12.5 Å². The Balaban J connectivity index is 1.54. The van der Waals surface area contributed by atoms with Gasteiger partial charge in [0.15, 0.2) is 0 Å². The minimum absolute atomic E-state index is 0.196. The van der Waals surface area contributed by atoms with E-state index in [0.29, 0.717) is 18.4 Å². The van der Waals surface area contributed by atoms with Crippen molar-refractivity contribution in [3.8, 4) is 0 Å². The quantitative estimate of drug-likeness (QED) is 0.569. The number of nitrogens with zero attached hydrogens (tertiary/aromatic N) is 2. The van der Waals surface area contributed by atoms with Crippen molar-refractivity contribution < 1.29 is 9.53 Å². The van der Waals surface area contributed by atoms with Crippen LogP contribution in [0, 0.1) is 11.8 Å². The summed E-state index contributed by atoms with van der Waals surface area (Å²) in [6.45, 7) is 5.17. The van der Waals surface area contributed by atoms with Gasteiger partial charge in [-0.15, -0.1) is 0 Å². The van der Waals surface area contributed by atoms with Gasteiger partial charge >= 0.3 is 0 Å². The van der Waals surface area contributed by atoms with E-state index in [4.69, 9.17) is 4.74 Å². The second kappa shape index (κ2) is 11.1. The highest BCUT2D eigenvalue weighted by molar-refractivity contribution is 5.58. The zero-order chi connectivity index (χ0) is 19.8. The predicted octanol–water partition coefficient (Wildman–Crippen LogP) is 2.81. The van der Waals surface area contributed by atoms with Crippen LogP contribution in [0.2, 0.25) is 0 Å². The summed E-state index contributed by atoms with van der Waals surface area (Å²) in [5.74, 6) is 1.49.